The van der Waals surface area contributed by atoms with Crippen LogP contribution in [0.5, 0.6) is 0 Å². The van der Waals surface area contributed by atoms with Gasteiger partial charge in [-0.15, -0.1) is 5.10 Å². The molecule has 0 aliphatic carbocycles. The number of nitrogens with one attached hydrogen (secondary N) is 5. The van der Waals surface area contributed by atoms with E-state index in [1.165, 1.54) is 6.92 Å². The van der Waals surface area contributed by atoms with Crippen molar-refractivity contribution in [2.24, 2.45) is 5.92 Å². The van der Waals surface area contributed by atoms with E-state index in [1.807, 2.05) is 74.0 Å². The molecule has 1 aliphatic heterocycles. The van der Waals surface area contributed by atoms with Crippen molar-refractivity contribution in [3.8, 4) is 22.5 Å². The molecule has 58 heavy (non-hydrogen) atoms. The summed E-state index contributed by atoms with van der Waals surface area (Å²) >= 11 is 0. The van der Waals surface area contributed by atoms with Gasteiger partial charge in [0.05, 0.1) is 43.2 Å². The van der Waals surface area contributed by atoms with Gasteiger partial charge >= 0.3 is 0 Å². The van der Waals surface area contributed by atoms with Crippen LogP contribution < -0.4 is 31.5 Å². The lowest BCUT2D eigenvalue weighted by atomic mass is 9.94. The van der Waals surface area contributed by atoms with Gasteiger partial charge in [-0.25, -0.2) is 4.68 Å². The zero-order valence-corrected chi connectivity index (χ0v) is 33.6. The molecule has 0 spiro atoms. The lowest BCUT2D eigenvalue weighted by molar-refractivity contribution is -0.132. The van der Waals surface area contributed by atoms with Gasteiger partial charge in [0.25, 0.3) is 0 Å². The number of rotatable bonds is 14. The van der Waals surface area contributed by atoms with Crippen molar-refractivity contribution in [2.45, 2.75) is 85.2 Å². The highest BCUT2D eigenvalue weighted by Crippen LogP contribution is 2.42. The molecular weight excluding hydrogens is 743 g/mol. The average molecular weight is 794 g/mol. The van der Waals surface area contributed by atoms with Crippen LogP contribution in [-0.4, -0.2) is 80.7 Å². The van der Waals surface area contributed by atoms with Gasteiger partial charge < -0.3 is 36.6 Å². The summed E-state index contributed by atoms with van der Waals surface area (Å²) in [5, 5.41) is 31.1. The van der Waals surface area contributed by atoms with E-state index >= 15 is 0 Å². The average Bonchev–Trinajstić information content (AvgIpc) is 3.64. The predicted molar refractivity (Wildman–Crippen MR) is 218 cm³/mol. The second kappa shape index (κ2) is 18.7. The number of anilines is 2. The van der Waals surface area contributed by atoms with Crippen LogP contribution in [0, 0.1) is 5.92 Å². The molecule has 1 aromatic heterocycles. The molecule has 2 heterocycles. The molecule has 4 aromatic rings. The SMILES string of the molecule is CC(C)[C@H](NC(=O)CNC(=O)CNC(=O)CCC(=O)N1Cc2ccccc2-c2nnn(C(C)(C)C)c2-c2ccccc21)C(=O)N[C@@H](C)C(=O)Nc1ccc(CO)cc1. The molecule has 306 valence electrons. The highest BCUT2D eigenvalue weighted by atomic mass is 16.3. The van der Waals surface area contributed by atoms with Gasteiger partial charge in [0.15, 0.2) is 0 Å². The molecule has 6 amide bonds. The first kappa shape index (κ1) is 42.7. The predicted octanol–water partition coefficient (Wildman–Crippen LogP) is 3.00. The summed E-state index contributed by atoms with van der Waals surface area (Å²) in [6, 6.07) is 19.9. The monoisotopic (exact) mass is 793 g/mol. The molecule has 5 rings (SSSR count). The van der Waals surface area contributed by atoms with Crippen molar-refractivity contribution in [2.75, 3.05) is 23.3 Å². The second-order valence-corrected chi connectivity index (χ2v) is 15.4. The van der Waals surface area contributed by atoms with E-state index in [4.69, 9.17) is 0 Å². The van der Waals surface area contributed by atoms with Crippen LogP contribution in [0.1, 0.15) is 65.5 Å². The van der Waals surface area contributed by atoms with Gasteiger partial charge in [-0.2, -0.15) is 0 Å². The Labute approximate surface area is 337 Å². The van der Waals surface area contributed by atoms with E-state index in [9.17, 15) is 33.9 Å². The quantitative estimate of drug-likeness (QED) is 0.111. The summed E-state index contributed by atoms with van der Waals surface area (Å²) in [4.78, 5) is 79.4. The van der Waals surface area contributed by atoms with Gasteiger partial charge in [0.1, 0.15) is 17.8 Å². The number of nitrogens with zero attached hydrogens (tertiary/aromatic N) is 4. The Kier molecular flexibility index (Phi) is 13.8. The van der Waals surface area contributed by atoms with Crippen molar-refractivity contribution in [1.82, 2.24) is 36.3 Å². The molecule has 6 N–H and O–H groups in total. The van der Waals surface area contributed by atoms with Gasteiger partial charge in [-0.3, -0.25) is 28.8 Å². The van der Waals surface area contributed by atoms with Crippen molar-refractivity contribution >= 4 is 46.8 Å². The van der Waals surface area contributed by atoms with Gasteiger partial charge in [0, 0.05) is 29.7 Å². The van der Waals surface area contributed by atoms with E-state index < -0.39 is 60.2 Å². The van der Waals surface area contributed by atoms with E-state index in [1.54, 1.807) is 43.0 Å². The first-order valence-corrected chi connectivity index (χ1v) is 19.1. The molecule has 0 bridgehead atoms. The minimum absolute atomic E-state index is 0.132. The normalized spacial score (nSPS) is 13.1. The van der Waals surface area contributed by atoms with Crippen LogP contribution in [0.3, 0.4) is 0 Å². The Morgan fingerprint density at radius 3 is 2.07 bits per heavy atom. The summed E-state index contributed by atoms with van der Waals surface area (Å²) in [7, 11) is 0. The van der Waals surface area contributed by atoms with Crippen LogP contribution in [0.25, 0.3) is 22.5 Å². The van der Waals surface area contributed by atoms with Gasteiger partial charge in [-0.1, -0.05) is 73.7 Å². The van der Waals surface area contributed by atoms with Crippen LogP contribution in [-0.2, 0) is 47.5 Å². The van der Waals surface area contributed by atoms with E-state index in [2.05, 4.69) is 36.9 Å². The molecule has 16 nitrogen and oxygen atoms in total. The maximum atomic E-state index is 13.9. The lowest BCUT2D eigenvalue weighted by Gasteiger charge is -2.30. The Morgan fingerprint density at radius 2 is 1.40 bits per heavy atom. The summed E-state index contributed by atoms with van der Waals surface area (Å²) in [5.74, 6) is -3.53. The van der Waals surface area contributed by atoms with Crippen LogP contribution in [0.4, 0.5) is 11.4 Å². The summed E-state index contributed by atoms with van der Waals surface area (Å²) in [6.07, 6.45) is -0.316. The molecule has 3 aromatic carbocycles. The third-order valence-corrected chi connectivity index (χ3v) is 9.54. The fourth-order valence-corrected chi connectivity index (χ4v) is 6.39. The first-order valence-electron chi connectivity index (χ1n) is 19.1. The van der Waals surface area contributed by atoms with Gasteiger partial charge in [-0.05, 0) is 62.9 Å². The molecule has 16 heteroatoms. The fraction of sp³-hybridized carbons (Fsp3) is 0.381. The molecule has 0 saturated heterocycles. The number of hydrogen-bond donors (Lipinski definition) is 6. The Hall–Kier alpha value is -6.42. The summed E-state index contributed by atoms with van der Waals surface area (Å²) in [5.41, 5.74) is 5.44. The maximum absolute atomic E-state index is 13.9. The lowest BCUT2D eigenvalue weighted by Crippen LogP contribution is -2.55. The van der Waals surface area contributed by atoms with Crippen molar-refractivity contribution < 1.29 is 33.9 Å². The van der Waals surface area contributed by atoms with Crippen molar-refractivity contribution in [3.05, 3.63) is 83.9 Å². The Morgan fingerprint density at radius 1 is 0.759 bits per heavy atom. The number of aliphatic hydroxyl groups excluding tert-OH is 1. The number of carbonyl (C=O) groups excluding carboxylic acids is 6. The first-order chi connectivity index (χ1) is 27.6. The smallest absolute Gasteiger partial charge is 0.246 e. The largest absolute Gasteiger partial charge is 0.392 e. The molecule has 1 aliphatic rings. The number of aliphatic hydroxyl groups is 1. The second-order valence-electron chi connectivity index (χ2n) is 15.4. The maximum Gasteiger partial charge on any atom is 0.246 e. The Balaban J connectivity index is 1.11. The molecule has 0 unspecified atom stereocenters. The van der Waals surface area contributed by atoms with Crippen molar-refractivity contribution in [3.63, 3.8) is 0 Å². The molecule has 0 saturated carbocycles. The zero-order valence-electron chi connectivity index (χ0n) is 33.6. The highest BCUT2D eigenvalue weighted by Gasteiger charge is 2.32. The summed E-state index contributed by atoms with van der Waals surface area (Å²) < 4.78 is 1.86. The molecule has 2 atom stereocenters. The number of carbonyl (C=O) groups is 6. The van der Waals surface area contributed by atoms with Crippen LogP contribution in [0.2, 0.25) is 0 Å². The minimum atomic E-state index is -1.01. The third kappa shape index (κ3) is 10.5. The number of fused-ring (bicyclic) bond motifs is 5. The van der Waals surface area contributed by atoms with Crippen LogP contribution in [0.15, 0.2) is 72.8 Å². The van der Waals surface area contributed by atoms with E-state index in [0.29, 0.717) is 16.9 Å². The minimum Gasteiger partial charge on any atom is -0.392 e. The third-order valence-electron chi connectivity index (χ3n) is 9.54. The fourth-order valence-electron chi connectivity index (χ4n) is 6.39. The van der Waals surface area contributed by atoms with Crippen LogP contribution >= 0.6 is 0 Å². The number of amides is 6. The number of para-hydroxylation sites is 1. The van der Waals surface area contributed by atoms with Crippen molar-refractivity contribution in [1.29, 1.82) is 0 Å². The highest BCUT2D eigenvalue weighted by molar-refractivity contribution is 6.02. The number of benzene rings is 3. The molecule has 0 fully saturated rings. The standard InChI is InChI=1S/C42H51N9O7/c1-25(2)37(41(58)45-26(3)40(57)46-29-17-15-27(24-52)16-18-29)47-35(55)22-44-34(54)21-43-33(53)19-20-36(56)50-23-28-11-7-8-12-30(28)38-39(31-13-9-10-14-32(31)50)51(49-48-38)42(4,5)6/h7-18,25-26,37,52H,19-24H2,1-6H3,(H,43,53)(H,44,54)(H,45,58)(H,46,57)(H,47,55)/t26-,37-/m0/s1. The van der Waals surface area contributed by atoms with E-state index in [0.717, 1.165) is 28.1 Å². The van der Waals surface area contributed by atoms with E-state index in [-0.39, 0.29) is 37.8 Å². The topological polar surface area (TPSA) is 217 Å². The zero-order chi connectivity index (χ0) is 42.1. The van der Waals surface area contributed by atoms with Gasteiger partial charge in [0.2, 0.25) is 35.4 Å². The summed E-state index contributed by atoms with van der Waals surface area (Å²) in [6.45, 7) is 10.3. The molecular formula is C42H51N9O7. The molecule has 0 radical (unpaired) electrons. The Bertz CT molecular complexity index is 2160. The number of hydrogen-bond acceptors (Lipinski definition) is 9. The number of aromatic nitrogens is 3.